The van der Waals surface area contributed by atoms with Gasteiger partial charge in [-0.2, -0.15) is 0 Å². The van der Waals surface area contributed by atoms with Crippen molar-refractivity contribution >= 4 is 40.5 Å². The zero-order valence-corrected chi connectivity index (χ0v) is 13.0. The van der Waals surface area contributed by atoms with E-state index in [9.17, 15) is 14.7 Å². The van der Waals surface area contributed by atoms with Crippen LogP contribution in [0.1, 0.15) is 22.3 Å². The molecule has 0 aliphatic rings. The van der Waals surface area contributed by atoms with Crippen LogP contribution < -0.4 is 5.32 Å². The molecule has 2 N–H and O–H groups in total. The van der Waals surface area contributed by atoms with Crippen molar-refractivity contribution in [2.75, 3.05) is 11.1 Å². The quantitative estimate of drug-likeness (QED) is 0.499. The Bertz CT molecular complexity index is 685. The van der Waals surface area contributed by atoms with Crippen LogP contribution >= 0.6 is 23.1 Å². The van der Waals surface area contributed by atoms with Gasteiger partial charge < -0.3 is 10.4 Å². The first-order valence-corrected chi connectivity index (χ1v) is 7.82. The highest BCUT2D eigenvalue weighted by Gasteiger charge is 2.12. The Morgan fingerprint density at radius 1 is 1.38 bits per heavy atom. The largest absolute Gasteiger partial charge is 0.506 e. The van der Waals surface area contributed by atoms with Crippen LogP contribution in [-0.4, -0.2) is 32.7 Å². The molecule has 0 aliphatic carbocycles. The second kappa shape index (κ2) is 6.68. The summed E-state index contributed by atoms with van der Waals surface area (Å²) >= 11 is 2.74. The van der Waals surface area contributed by atoms with Gasteiger partial charge in [0, 0.05) is 12.5 Å². The molecule has 0 radical (unpaired) electrons. The highest BCUT2D eigenvalue weighted by Crippen LogP contribution is 2.26. The molecule has 0 fully saturated rings. The number of hydrogen-bond acceptors (Lipinski definition) is 7. The molecular weight excluding hydrogens is 310 g/mol. The summed E-state index contributed by atoms with van der Waals surface area (Å²) in [4.78, 5) is 23.1. The Labute approximate surface area is 129 Å². The molecule has 0 atom stereocenters. The molecule has 1 amide bonds. The summed E-state index contributed by atoms with van der Waals surface area (Å²) in [6, 6.07) is 4.37. The van der Waals surface area contributed by atoms with E-state index < -0.39 is 0 Å². The van der Waals surface area contributed by atoms with Gasteiger partial charge in [-0.15, -0.1) is 10.2 Å². The molecule has 0 bridgehead atoms. The van der Waals surface area contributed by atoms with E-state index in [2.05, 4.69) is 15.5 Å². The average molecular weight is 323 g/mol. The highest BCUT2D eigenvalue weighted by atomic mass is 32.2. The Hall–Kier alpha value is -1.93. The molecule has 1 aromatic carbocycles. The van der Waals surface area contributed by atoms with Crippen molar-refractivity contribution in [3.8, 4) is 5.75 Å². The van der Waals surface area contributed by atoms with Gasteiger partial charge in [0.15, 0.2) is 10.1 Å². The van der Waals surface area contributed by atoms with Crippen LogP contribution in [0.15, 0.2) is 22.5 Å². The summed E-state index contributed by atoms with van der Waals surface area (Å²) in [5.74, 6) is -0.277. The Balaban J connectivity index is 2.06. The van der Waals surface area contributed by atoms with Gasteiger partial charge in [-0.25, -0.2) is 0 Å². The standard InChI is InChI=1S/C13H13N3O3S2/c1-7(17)14-10-5-9(3-4-11(10)18)12(19)6-20-13-16-15-8(2)21-13/h3-5,18H,6H2,1-2H3,(H,14,17). The number of carbonyl (C=O) groups excluding carboxylic acids is 2. The number of rotatable bonds is 5. The average Bonchev–Trinajstić information content (AvgIpc) is 2.84. The number of nitrogens with zero attached hydrogens (tertiary/aromatic N) is 2. The van der Waals surface area contributed by atoms with Crippen LogP contribution in [0.3, 0.4) is 0 Å². The van der Waals surface area contributed by atoms with Crippen molar-refractivity contribution in [2.45, 2.75) is 18.2 Å². The van der Waals surface area contributed by atoms with Crippen molar-refractivity contribution in [1.82, 2.24) is 10.2 Å². The lowest BCUT2D eigenvalue weighted by molar-refractivity contribution is -0.114. The SMILES string of the molecule is CC(=O)Nc1cc(C(=O)CSc2nnc(C)s2)ccc1O. The molecule has 0 unspecified atom stereocenters. The van der Waals surface area contributed by atoms with Gasteiger partial charge in [-0.1, -0.05) is 23.1 Å². The fraction of sp³-hybridized carbons (Fsp3) is 0.231. The number of thioether (sulfide) groups is 1. The zero-order valence-electron chi connectivity index (χ0n) is 11.4. The van der Waals surface area contributed by atoms with Crippen LogP contribution in [0.2, 0.25) is 0 Å². The zero-order chi connectivity index (χ0) is 15.4. The number of hydrogen-bond donors (Lipinski definition) is 2. The van der Waals surface area contributed by atoms with Crippen molar-refractivity contribution in [1.29, 1.82) is 0 Å². The number of amides is 1. The smallest absolute Gasteiger partial charge is 0.221 e. The molecule has 110 valence electrons. The van der Waals surface area contributed by atoms with Crippen LogP contribution in [0.25, 0.3) is 0 Å². The molecule has 21 heavy (non-hydrogen) atoms. The first-order chi connectivity index (χ1) is 9.95. The molecule has 2 rings (SSSR count). The Morgan fingerprint density at radius 3 is 2.76 bits per heavy atom. The van der Waals surface area contributed by atoms with Gasteiger partial charge in [0.2, 0.25) is 5.91 Å². The maximum atomic E-state index is 12.1. The highest BCUT2D eigenvalue weighted by molar-refractivity contribution is 8.01. The summed E-state index contributed by atoms with van der Waals surface area (Å²) in [7, 11) is 0. The van der Waals surface area contributed by atoms with Crippen molar-refractivity contribution in [2.24, 2.45) is 0 Å². The van der Waals surface area contributed by atoms with Crippen LogP contribution in [0.5, 0.6) is 5.75 Å². The summed E-state index contributed by atoms with van der Waals surface area (Å²) in [6.07, 6.45) is 0. The van der Waals surface area contributed by atoms with E-state index in [1.54, 1.807) is 0 Å². The maximum absolute atomic E-state index is 12.1. The number of phenols is 1. The second-order valence-corrected chi connectivity index (χ2v) is 6.62. The molecule has 0 spiro atoms. The molecule has 0 aliphatic heterocycles. The van der Waals surface area contributed by atoms with E-state index >= 15 is 0 Å². The maximum Gasteiger partial charge on any atom is 0.221 e. The normalized spacial score (nSPS) is 10.4. The summed E-state index contributed by atoms with van der Waals surface area (Å²) in [5.41, 5.74) is 0.649. The lowest BCUT2D eigenvalue weighted by Crippen LogP contribution is -2.08. The van der Waals surface area contributed by atoms with Crippen molar-refractivity contribution < 1.29 is 14.7 Å². The second-order valence-electron chi connectivity index (χ2n) is 4.21. The fourth-order valence-electron chi connectivity index (χ4n) is 1.55. The number of phenolic OH excluding ortho intramolecular Hbond substituents is 1. The molecular formula is C13H13N3O3S2. The molecule has 1 aromatic heterocycles. The van der Waals surface area contributed by atoms with E-state index in [0.29, 0.717) is 5.56 Å². The van der Waals surface area contributed by atoms with Crippen molar-refractivity contribution in [3.63, 3.8) is 0 Å². The molecule has 0 saturated heterocycles. The number of ketones is 1. The van der Waals surface area contributed by atoms with Crippen LogP contribution in [0, 0.1) is 6.92 Å². The molecule has 8 heteroatoms. The Morgan fingerprint density at radius 2 is 2.14 bits per heavy atom. The summed E-state index contributed by atoms with van der Waals surface area (Å²) in [5, 5.41) is 20.8. The number of aryl methyl sites for hydroxylation is 1. The number of Topliss-reactive ketones (excluding diaryl/α,β-unsaturated/α-hetero) is 1. The van der Waals surface area contributed by atoms with E-state index in [1.807, 2.05) is 6.92 Å². The fourth-order valence-corrected chi connectivity index (χ4v) is 3.26. The third-order valence-corrected chi connectivity index (χ3v) is 4.44. The number of benzene rings is 1. The van der Waals surface area contributed by atoms with Gasteiger partial charge in [0.05, 0.1) is 11.4 Å². The van der Waals surface area contributed by atoms with Gasteiger partial charge in [0.1, 0.15) is 10.8 Å². The first kappa shape index (κ1) is 15.5. The predicted molar refractivity (Wildman–Crippen MR) is 82.1 cm³/mol. The monoisotopic (exact) mass is 323 g/mol. The van der Waals surface area contributed by atoms with Gasteiger partial charge in [-0.05, 0) is 25.1 Å². The predicted octanol–water partition coefficient (Wildman–Crippen LogP) is 2.49. The van der Waals surface area contributed by atoms with Gasteiger partial charge >= 0.3 is 0 Å². The minimum atomic E-state index is -0.311. The molecule has 2 aromatic rings. The lowest BCUT2D eigenvalue weighted by atomic mass is 10.1. The minimum Gasteiger partial charge on any atom is -0.506 e. The van der Waals surface area contributed by atoms with E-state index in [4.69, 9.17) is 0 Å². The Kier molecular flexibility index (Phi) is 4.92. The van der Waals surface area contributed by atoms with Gasteiger partial charge in [0.25, 0.3) is 0 Å². The topological polar surface area (TPSA) is 92.2 Å². The van der Waals surface area contributed by atoms with Crippen molar-refractivity contribution in [3.05, 3.63) is 28.8 Å². The van der Waals surface area contributed by atoms with Crippen LogP contribution in [-0.2, 0) is 4.79 Å². The molecule has 1 heterocycles. The first-order valence-electron chi connectivity index (χ1n) is 6.02. The number of aromatic hydroxyl groups is 1. The van der Waals surface area contributed by atoms with Crippen LogP contribution in [0.4, 0.5) is 5.69 Å². The van der Waals surface area contributed by atoms with E-state index in [1.165, 1.54) is 48.2 Å². The summed E-state index contributed by atoms with van der Waals surface area (Å²) in [6.45, 7) is 3.19. The molecule has 0 saturated carbocycles. The van der Waals surface area contributed by atoms with E-state index in [-0.39, 0.29) is 28.9 Å². The summed E-state index contributed by atoms with van der Waals surface area (Å²) < 4.78 is 0.738. The number of aromatic nitrogens is 2. The minimum absolute atomic E-state index is 0.0749. The van der Waals surface area contributed by atoms with E-state index in [0.717, 1.165) is 9.35 Å². The third kappa shape index (κ3) is 4.27. The number of carbonyl (C=O) groups is 2. The molecule has 6 nitrogen and oxygen atoms in total. The number of nitrogens with one attached hydrogen (secondary N) is 1. The lowest BCUT2D eigenvalue weighted by Gasteiger charge is -2.07. The third-order valence-electron chi connectivity index (χ3n) is 2.46. The van der Waals surface area contributed by atoms with Gasteiger partial charge in [-0.3, -0.25) is 9.59 Å². The number of anilines is 1.